The molecule has 18 heavy (non-hydrogen) atoms. The number of hydrogen-bond acceptors (Lipinski definition) is 1. The molecule has 0 saturated heterocycles. The zero-order valence-corrected chi connectivity index (χ0v) is 13.6. The van der Waals surface area contributed by atoms with E-state index in [0.29, 0.717) is 0 Å². The van der Waals surface area contributed by atoms with Crippen LogP contribution in [0, 0.1) is 0 Å². The van der Waals surface area contributed by atoms with Crippen LogP contribution >= 0.6 is 27.7 Å². The van der Waals surface area contributed by atoms with E-state index in [1.165, 1.54) is 67.3 Å². The molecular weight excluding hydrogens is 304 g/mol. The van der Waals surface area contributed by atoms with Crippen molar-refractivity contribution >= 4 is 27.7 Å². The summed E-state index contributed by atoms with van der Waals surface area (Å²) in [5.74, 6) is 2.49. The Morgan fingerprint density at radius 3 is 2.06 bits per heavy atom. The van der Waals surface area contributed by atoms with E-state index in [2.05, 4.69) is 58.0 Å². The Morgan fingerprint density at radius 1 is 0.778 bits per heavy atom. The van der Waals surface area contributed by atoms with E-state index in [1.807, 2.05) is 0 Å². The normalized spacial score (nSPS) is 10.7. The van der Waals surface area contributed by atoms with E-state index in [0.717, 1.165) is 0 Å². The minimum Gasteiger partial charge on any atom is -0.157 e. The zero-order chi connectivity index (χ0) is 12.9. The molecule has 1 aromatic rings. The predicted molar refractivity (Wildman–Crippen MR) is 88.7 cm³/mol. The van der Waals surface area contributed by atoms with Crippen LogP contribution in [0.3, 0.4) is 0 Å². The molecule has 0 bridgehead atoms. The zero-order valence-electron chi connectivity index (χ0n) is 11.2. The van der Waals surface area contributed by atoms with Crippen LogP contribution < -0.4 is 0 Å². The average molecular weight is 329 g/mol. The summed E-state index contributed by atoms with van der Waals surface area (Å²) >= 11 is 5.55. The third-order valence-electron chi connectivity index (χ3n) is 3.03. The van der Waals surface area contributed by atoms with Gasteiger partial charge in [0.2, 0.25) is 0 Å². The van der Waals surface area contributed by atoms with Gasteiger partial charge in [0.15, 0.2) is 0 Å². The highest BCUT2D eigenvalue weighted by Crippen LogP contribution is 2.15. The monoisotopic (exact) mass is 328 g/mol. The molecule has 0 heterocycles. The van der Waals surface area contributed by atoms with Crippen LogP contribution in [-0.2, 0) is 5.75 Å². The molecule has 0 fully saturated rings. The van der Waals surface area contributed by atoms with Gasteiger partial charge in [-0.1, -0.05) is 78.4 Å². The highest BCUT2D eigenvalue weighted by Gasteiger charge is 1.94. The molecule has 0 atom stereocenters. The summed E-state index contributed by atoms with van der Waals surface area (Å²) < 4.78 is 0. The lowest BCUT2D eigenvalue weighted by Gasteiger charge is -2.02. The van der Waals surface area contributed by atoms with Gasteiger partial charge in [-0.25, -0.2) is 0 Å². The van der Waals surface area contributed by atoms with Crippen molar-refractivity contribution in [3.8, 4) is 0 Å². The van der Waals surface area contributed by atoms with Gasteiger partial charge >= 0.3 is 0 Å². The average Bonchev–Trinajstić information content (AvgIpc) is 2.42. The summed E-state index contributed by atoms with van der Waals surface area (Å²) in [7, 11) is 0. The summed E-state index contributed by atoms with van der Waals surface area (Å²) in [4.78, 5) is 0. The molecule has 0 unspecified atom stereocenters. The van der Waals surface area contributed by atoms with Crippen LogP contribution in [0.15, 0.2) is 30.3 Å². The Hall–Kier alpha value is 0.0500. The van der Waals surface area contributed by atoms with Crippen LogP contribution in [0.4, 0.5) is 0 Å². The summed E-state index contributed by atoms with van der Waals surface area (Å²) in [6.07, 6.45) is 9.81. The van der Waals surface area contributed by atoms with Crippen molar-refractivity contribution in [2.45, 2.75) is 50.7 Å². The molecule has 102 valence electrons. The Kier molecular flexibility index (Phi) is 10.8. The van der Waals surface area contributed by atoms with Crippen molar-refractivity contribution in [1.29, 1.82) is 0 Å². The molecule has 1 rings (SSSR count). The first-order chi connectivity index (χ1) is 8.93. The molecule has 0 aliphatic carbocycles. The van der Waals surface area contributed by atoms with Crippen molar-refractivity contribution < 1.29 is 0 Å². The second kappa shape index (κ2) is 12.1. The summed E-state index contributed by atoms with van der Waals surface area (Å²) in [5, 5.41) is 1.17. The molecule has 0 aliphatic heterocycles. The van der Waals surface area contributed by atoms with Gasteiger partial charge < -0.3 is 0 Å². The Labute approximate surface area is 125 Å². The minimum atomic E-state index is 1.17. The van der Waals surface area contributed by atoms with Crippen molar-refractivity contribution in [1.82, 2.24) is 0 Å². The van der Waals surface area contributed by atoms with Crippen molar-refractivity contribution in [3.05, 3.63) is 35.9 Å². The number of halogens is 1. The second-order valence-electron chi connectivity index (χ2n) is 4.70. The van der Waals surface area contributed by atoms with Gasteiger partial charge in [0.05, 0.1) is 0 Å². The van der Waals surface area contributed by atoms with Crippen LogP contribution in [0.2, 0.25) is 0 Å². The number of alkyl halides is 1. The van der Waals surface area contributed by atoms with Gasteiger partial charge in [0.25, 0.3) is 0 Å². The Morgan fingerprint density at radius 2 is 1.39 bits per heavy atom. The van der Waals surface area contributed by atoms with Crippen LogP contribution in [0.25, 0.3) is 0 Å². The van der Waals surface area contributed by atoms with E-state index >= 15 is 0 Å². The number of benzene rings is 1. The van der Waals surface area contributed by atoms with Crippen LogP contribution in [0.5, 0.6) is 0 Å². The molecule has 0 radical (unpaired) electrons. The number of unbranched alkanes of at least 4 members (excludes halogenated alkanes) is 6. The van der Waals surface area contributed by atoms with Gasteiger partial charge in [-0.15, -0.1) is 0 Å². The van der Waals surface area contributed by atoms with Crippen LogP contribution in [0.1, 0.15) is 50.5 Å². The first-order valence-electron chi connectivity index (χ1n) is 7.11. The number of hydrogen-bond donors (Lipinski definition) is 0. The lowest BCUT2D eigenvalue weighted by atomic mass is 10.1. The Balaban J connectivity index is 1.82. The van der Waals surface area contributed by atoms with E-state index < -0.39 is 0 Å². The Bertz CT molecular complexity index is 274. The molecule has 0 aliphatic rings. The van der Waals surface area contributed by atoms with Crippen molar-refractivity contribution in [3.63, 3.8) is 0 Å². The standard InChI is InChI=1S/C16H25BrS/c17-13-9-4-2-1-3-5-10-14-18-15-16-11-7-6-8-12-16/h6-8,11-12H,1-5,9-10,13-15H2. The van der Waals surface area contributed by atoms with E-state index in [4.69, 9.17) is 0 Å². The minimum absolute atomic E-state index is 1.17. The molecule has 0 aromatic heterocycles. The van der Waals surface area contributed by atoms with E-state index in [-0.39, 0.29) is 0 Å². The second-order valence-corrected chi connectivity index (χ2v) is 6.60. The van der Waals surface area contributed by atoms with E-state index in [1.54, 1.807) is 0 Å². The topological polar surface area (TPSA) is 0 Å². The highest BCUT2D eigenvalue weighted by atomic mass is 79.9. The third-order valence-corrected chi connectivity index (χ3v) is 4.71. The SMILES string of the molecule is BrCCCCCCCCCSCc1ccccc1. The summed E-state index contributed by atoms with van der Waals surface area (Å²) in [5.41, 5.74) is 1.46. The van der Waals surface area contributed by atoms with Crippen molar-refractivity contribution in [2.75, 3.05) is 11.1 Å². The largest absolute Gasteiger partial charge is 0.157 e. The maximum atomic E-state index is 3.48. The highest BCUT2D eigenvalue weighted by molar-refractivity contribution is 9.09. The van der Waals surface area contributed by atoms with Crippen molar-refractivity contribution in [2.24, 2.45) is 0 Å². The number of thioether (sulfide) groups is 1. The van der Waals surface area contributed by atoms with Gasteiger partial charge in [-0.2, -0.15) is 11.8 Å². The lowest BCUT2D eigenvalue weighted by Crippen LogP contribution is -1.85. The molecule has 2 heteroatoms. The van der Waals surface area contributed by atoms with Gasteiger partial charge in [-0.3, -0.25) is 0 Å². The lowest BCUT2D eigenvalue weighted by molar-refractivity contribution is 0.606. The van der Waals surface area contributed by atoms with Gasteiger partial charge in [0.1, 0.15) is 0 Å². The first kappa shape index (κ1) is 16.1. The predicted octanol–water partition coefficient (Wildman–Crippen LogP) is 6.05. The molecule has 0 saturated carbocycles. The number of rotatable bonds is 11. The maximum absolute atomic E-state index is 3.48. The van der Waals surface area contributed by atoms with Crippen LogP contribution in [-0.4, -0.2) is 11.1 Å². The van der Waals surface area contributed by atoms with Gasteiger partial charge in [-0.05, 0) is 24.2 Å². The third kappa shape index (κ3) is 9.04. The molecule has 0 spiro atoms. The molecule has 1 aromatic carbocycles. The first-order valence-corrected chi connectivity index (χ1v) is 9.39. The molecule has 0 nitrogen and oxygen atoms in total. The quantitative estimate of drug-likeness (QED) is 0.352. The summed E-state index contributed by atoms with van der Waals surface area (Å²) in [6, 6.07) is 10.8. The maximum Gasteiger partial charge on any atom is 0.0184 e. The van der Waals surface area contributed by atoms with Gasteiger partial charge in [0, 0.05) is 11.1 Å². The smallest absolute Gasteiger partial charge is 0.0184 e. The summed E-state index contributed by atoms with van der Waals surface area (Å²) in [6.45, 7) is 0. The van der Waals surface area contributed by atoms with E-state index in [9.17, 15) is 0 Å². The fourth-order valence-electron chi connectivity index (χ4n) is 1.95. The fourth-order valence-corrected chi connectivity index (χ4v) is 3.32. The fraction of sp³-hybridized carbons (Fsp3) is 0.625. The molecule has 0 amide bonds. The molecule has 0 N–H and O–H groups in total. The molecular formula is C16H25BrS.